The Morgan fingerprint density at radius 3 is 2.28 bits per heavy atom. The Balaban J connectivity index is 1.76. The van der Waals surface area contributed by atoms with E-state index in [1.165, 1.54) is 62.0 Å². The van der Waals surface area contributed by atoms with E-state index in [1.807, 2.05) is 0 Å². The summed E-state index contributed by atoms with van der Waals surface area (Å²) in [6, 6.07) is 4.39. The van der Waals surface area contributed by atoms with Crippen LogP contribution in [0.1, 0.15) is 43.2 Å². The molecule has 1 aliphatic heterocycles. The Hall–Kier alpha value is -1.18. The van der Waals surface area contributed by atoms with Gasteiger partial charge in [-0.25, -0.2) is 0 Å². The summed E-state index contributed by atoms with van der Waals surface area (Å²) in [6.07, 6.45) is 7.14. The molecule has 3 rings (SSSR count). The molecule has 2 nitrogen and oxygen atoms in total. The minimum atomic E-state index is 0.628. The van der Waals surface area contributed by atoms with Crippen LogP contribution in [0.25, 0.3) is 0 Å². The molecule has 0 radical (unpaired) electrons. The van der Waals surface area contributed by atoms with Crippen molar-refractivity contribution in [2.45, 2.75) is 46.0 Å². The van der Waals surface area contributed by atoms with Crippen LogP contribution in [-0.4, -0.2) is 13.1 Å². The average molecular weight is 244 g/mol. The van der Waals surface area contributed by atoms with Gasteiger partial charge < -0.3 is 10.6 Å². The van der Waals surface area contributed by atoms with Gasteiger partial charge in [-0.2, -0.15) is 0 Å². The van der Waals surface area contributed by atoms with Crippen LogP contribution in [0, 0.1) is 19.3 Å². The monoisotopic (exact) mass is 244 g/mol. The average Bonchev–Trinajstić information content (AvgIpc) is 2.32. The highest BCUT2D eigenvalue weighted by molar-refractivity contribution is 5.71. The van der Waals surface area contributed by atoms with Gasteiger partial charge in [-0.15, -0.1) is 0 Å². The third kappa shape index (κ3) is 1.88. The molecule has 0 bridgehead atoms. The number of anilines is 2. The number of hydrogen-bond acceptors (Lipinski definition) is 2. The summed E-state index contributed by atoms with van der Waals surface area (Å²) in [6.45, 7) is 6.75. The van der Waals surface area contributed by atoms with Gasteiger partial charge in [-0.1, -0.05) is 19.3 Å². The van der Waals surface area contributed by atoms with Gasteiger partial charge in [0.1, 0.15) is 0 Å². The molecular weight excluding hydrogens is 220 g/mol. The van der Waals surface area contributed by atoms with E-state index in [1.54, 1.807) is 0 Å². The van der Waals surface area contributed by atoms with E-state index in [-0.39, 0.29) is 0 Å². The Bertz CT molecular complexity index is 450. The van der Waals surface area contributed by atoms with Gasteiger partial charge in [0.05, 0.1) is 11.4 Å². The maximum Gasteiger partial charge on any atom is 0.0603 e. The van der Waals surface area contributed by atoms with Crippen molar-refractivity contribution in [2.75, 3.05) is 23.7 Å². The van der Waals surface area contributed by atoms with Crippen molar-refractivity contribution in [3.05, 3.63) is 23.3 Å². The van der Waals surface area contributed by atoms with Crippen LogP contribution in [0.5, 0.6) is 0 Å². The van der Waals surface area contributed by atoms with Crippen molar-refractivity contribution in [3.63, 3.8) is 0 Å². The van der Waals surface area contributed by atoms with Gasteiger partial charge in [0.15, 0.2) is 0 Å². The SMILES string of the molecule is Cc1cc(N)c(N2CC3(CCCCC3)C2)cc1C. The third-order valence-corrected chi connectivity index (χ3v) is 4.95. The highest BCUT2D eigenvalue weighted by atomic mass is 15.2. The van der Waals surface area contributed by atoms with E-state index in [9.17, 15) is 0 Å². The van der Waals surface area contributed by atoms with Gasteiger partial charge in [0.25, 0.3) is 0 Å². The molecule has 1 spiro atoms. The van der Waals surface area contributed by atoms with Crippen molar-refractivity contribution in [2.24, 2.45) is 5.41 Å². The summed E-state index contributed by atoms with van der Waals surface area (Å²) in [5, 5.41) is 0. The number of rotatable bonds is 1. The minimum Gasteiger partial charge on any atom is -0.397 e. The highest BCUT2D eigenvalue weighted by Gasteiger charge is 2.43. The van der Waals surface area contributed by atoms with Crippen LogP contribution in [0.4, 0.5) is 11.4 Å². The maximum atomic E-state index is 6.18. The molecule has 98 valence electrons. The number of benzene rings is 1. The molecule has 0 unspecified atom stereocenters. The number of nitrogen functional groups attached to an aromatic ring is 1. The fourth-order valence-corrected chi connectivity index (χ4v) is 3.65. The first-order valence-electron chi connectivity index (χ1n) is 7.21. The maximum absolute atomic E-state index is 6.18. The van der Waals surface area contributed by atoms with Crippen molar-refractivity contribution >= 4 is 11.4 Å². The lowest BCUT2D eigenvalue weighted by atomic mass is 9.68. The van der Waals surface area contributed by atoms with E-state index in [2.05, 4.69) is 30.9 Å². The lowest BCUT2D eigenvalue weighted by molar-refractivity contribution is 0.139. The second-order valence-corrected chi connectivity index (χ2v) is 6.41. The van der Waals surface area contributed by atoms with Gasteiger partial charge in [0.2, 0.25) is 0 Å². The predicted molar refractivity (Wildman–Crippen MR) is 78.1 cm³/mol. The molecule has 2 aliphatic rings. The lowest BCUT2D eigenvalue weighted by Gasteiger charge is -2.54. The van der Waals surface area contributed by atoms with E-state index in [0.29, 0.717) is 5.41 Å². The van der Waals surface area contributed by atoms with Crippen LogP contribution in [0.15, 0.2) is 12.1 Å². The number of nitrogens with two attached hydrogens (primary N) is 1. The van der Waals surface area contributed by atoms with Crippen LogP contribution in [0.3, 0.4) is 0 Å². The molecule has 0 atom stereocenters. The fraction of sp³-hybridized carbons (Fsp3) is 0.625. The molecule has 1 saturated carbocycles. The minimum absolute atomic E-state index is 0.628. The topological polar surface area (TPSA) is 29.3 Å². The molecule has 1 aromatic rings. The first kappa shape index (κ1) is 11.9. The van der Waals surface area contributed by atoms with Crippen LogP contribution >= 0.6 is 0 Å². The summed E-state index contributed by atoms with van der Waals surface area (Å²) in [5.74, 6) is 0. The Morgan fingerprint density at radius 1 is 1.00 bits per heavy atom. The molecule has 1 saturated heterocycles. The summed E-state index contributed by atoms with van der Waals surface area (Å²) in [7, 11) is 0. The van der Waals surface area contributed by atoms with Crippen molar-refractivity contribution in [1.82, 2.24) is 0 Å². The molecule has 1 heterocycles. The predicted octanol–water partition coefficient (Wildman–Crippen LogP) is 3.66. The number of hydrogen-bond donors (Lipinski definition) is 1. The lowest BCUT2D eigenvalue weighted by Crippen LogP contribution is -2.57. The fourth-order valence-electron chi connectivity index (χ4n) is 3.65. The molecular formula is C16H24N2. The van der Waals surface area contributed by atoms with E-state index in [4.69, 9.17) is 5.73 Å². The highest BCUT2D eigenvalue weighted by Crippen LogP contribution is 2.46. The first-order valence-corrected chi connectivity index (χ1v) is 7.21. The zero-order valence-electron chi connectivity index (χ0n) is 11.6. The van der Waals surface area contributed by atoms with Gasteiger partial charge >= 0.3 is 0 Å². The van der Waals surface area contributed by atoms with Crippen LogP contribution in [0.2, 0.25) is 0 Å². The molecule has 1 aliphatic carbocycles. The van der Waals surface area contributed by atoms with Gasteiger partial charge in [-0.05, 0) is 49.9 Å². The molecule has 1 aromatic carbocycles. The zero-order chi connectivity index (χ0) is 12.8. The molecule has 2 N–H and O–H groups in total. The van der Waals surface area contributed by atoms with Gasteiger partial charge in [-0.3, -0.25) is 0 Å². The third-order valence-electron chi connectivity index (χ3n) is 4.95. The van der Waals surface area contributed by atoms with Crippen molar-refractivity contribution in [3.8, 4) is 0 Å². The number of aryl methyl sites for hydroxylation is 2. The Morgan fingerprint density at radius 2 is 1.61 bits per heavy atom. The second-order valence-electron chi connectivity index (χ2n) is 6.41. The largest absolute Gasteiger partial charge is 0.397 e. The molecule has 2 heteroatoms. The van der Waals surface area contributed by atoms with E-state index >= 15 is 0 Å². The summed E-state index contributed by atoms with van der Waals surface area (Å²) >= 11 is 0. The van der Waals surface area contributed by atoms with Crippen LogP contribution < -0.4 is 10.6 Å². The normalized spacial score (nSPS) is 22.0. The van der Waals surface area contributed by atoms with E-state index in [0.717, 1.165) is 5.69 Å². The Kier molecular flexibility index (Phi) is 2.76. The van der Waals surface area contributed by atoms with Gasteiger partial charge in [0, 0.05) is 18.5 Å². The van der Waals surface area contributed by atoms with Crippen LogP contribution in [-0.2, 0) is 0 Å². The number of nitrogens with zero attached hydrogens (tertiary/aromatic N) is 1. The quantitative estimate of drug-likeness (QED) is 0.764. The Labute approximate surface area is 110 Å². The van der Waals surface area contributed by atoms with Crippen molar-refractivity contribution < 1.29 is 0 Å². The second kappa shape index (κ2) is 4.18. The summed E-state index contributed by atoms with van der Waals surface area (Å²) in [5.41, 5.74) is 11.7. The standard InChI is InChI=1S/C16H24N2/c1-12-8-14(17)15(9-13(12)2)18-10-16(11-18)6-4-3-5-7-16/h8-9H,3-7,10-11,17H2,1-2H3. The molecule has 0 amide bonds. The van der Waals surface area contributed by atoms with E-state index < -0.39 is 0 Å². The van der Waals surface area contributed by atoms with Crippen molar-refractivity contribution in [1.29, 1.82) is 0 Å². The smallest absolute Gasteiger partial charge is 0.0603 e. The molecule has 2 fully saturated rings. The first-order chi connectivity index (χ1) is 8.60. The summed E-state index contributed by atoms with van der Waals surface area (Å²) < 4.78 is 0. The molecule has 18 heavy (non-hydrogen) atoms. The summed E-state index contributed by atoms with van der Waals surface area (Å²) in [4.78, 5) is 2.48. The zero-order valence-corrected chi connectivity index (χ0v) is 11.6. The molecule has 0 aromatic heterocycles.